The highest BCUT2D eigenvalue weighted by Gasteiger charge is 2.04. The first kappa shape index (κ1) is 11.3. The second-order valence-corrected chi connectivity index (χ2v) is 4.42. The Morgan fingerprint density at radius 3 is 2.50 bits per heavy atom. The van der Waals surface area contributed by atoms with Crippen molar-refractivity contribution in [3.63, 3.8) is 0 Å². The Balaban J connectivity index is 3.40. The van der Waals surface area contributed by atoms with Gasteiger partial charge in [-0.2, -0.15) is 0 Å². The van der Waals surface area contributed by atoms with Gasteiger partial charge in [0, 0.05) is 4.47 Å². The highest BCUT2D eigenvalue weighted by Crippen LogP contribution is 2.27. The molecule has 1 heteroatoms. The van der Waals surface area contributed by atoms with Crippen LogP contribution in [0.3, 0.4) is 0 Å². The Hall–Kier alpha value is -0.820. The van der Waals surface area contributed by atoms with Gasteiger partial charge >= 0.3 is 0 Å². The second kappa shape index (κ2) is 4.61. The molecule has 0 nitrogen and oxygen atoms in total. The first-order chi connectivity index (χ1) is 6.56. The Labute approximate surface area is 94.5 Å². The molecule has 0 aliphatic heterocycles. The van der Waals surface area contributed by atoms with E-state index in [0.29, 0.717) is 0 Å². The van der Waals surface area contributed by atoms with Crippen LogP contribution in [0.1, 0.15) is 30.5 Å². The zero-order valence-corrected chi connectivity index (χ0v) is 10.5. The fourth-order valence-electron chi connectivity index (χ4n) is 1.33. The Morgan fingerprint density at radius 1 is 1.36 bits per heavy atom. The van der Waals surface area contributed by atoms with Crippen molar-refractivity contribution in [3.8, 4) is 0 Å². The summed E-state index contributed by atoms with van der Waals surface area (Å²) in [4.78, 5) is 0. The summed E-state index contributed by atoms with van der Waals surface area (Å²) in [5.41, 5.74) is 4.98. The summed E-state index contributed by atoms with van der Waals surface area (Å²) in [6, 6.07) is 4.20. The van der Waals surface area contributed by atoms with E-state index in [9.17, 15) is 0 Å². The average molecular weight is 251 g/mol. The smallest absolute Gasteiger partial charge is 0.0322 e. The van der Waals surface area contributed by atoms with Crippen LogP contribution in [-0.2, 0) is 0 Å². The van der Waals surface area contributed by atoms with Gasteiger partial charge in [0.25, 0.3) is 0 Å². The lowest BCUT2D eigenvalue weighted by atomic mass is 10.0. The predicted octanol–water partition coefficient (Wildman–Crippen LogP) is 4.82. The van der Waals surface area contributed by atoms with Crippen LogP contribution < -0.4 is 0 Å². The third kappa shape index (κ3) is 2.36. The fourth-order valence-corrected chi connectivity index (χ4v) is 2.05. The lowest BCUT2D eigenvalue weighted by Crippen LogP contribution is -1.87. The van der Waals surface area contributed by atoms with Crippen LogP contribution in [0.2, 0.25) is 0 Å². The zero-order valence-electron chi connectivity index (χ0n) is 8.89. The van der Waals surface area contributed by atoms with Crippen molar-refractivity contribution >= 4 is 28.1 Å². The zero-order chi connectivity index (χ0) is 10.7. The molecule has 0 saturated carbocycles. The molecule has 0 N–H and O–H groups in total. The molecule has 0 aromatic heterocycles. The van der Waals surface area contributed by atoms with Gasteiger partial charge in [0.15, 0.2) is 0 Å². The van der Waals surface area contributed by atoms with Gasteiger partial charge in [-0.25, -0.2) is 0 Å². The van der Waals surface area contributed by atoms with Gasteiger partial charge in [-0.3, -0.25) is 0 Å². The van der Waals surface area contributed by atoms with E-state index < -0.39 is 0 Å². The third-order valence-corrected chi connectivity index (χ3v) is 2.97. The Kier molecular flexibility index (Phi) is 3.70. The number of halogens is 1. The van der Waals surface area contributed by atoms with Crippen LogP contribution in [0, 0.1) is 6.92 Å². The molecule has 0 aliphatic rings. The molecular weight excluding hydrogens is 236 g/mol. The number of hydrogen-bond acceptors (Lipinski definition) is 0. The van der Waals surface area contributed by atoms with Gasteiger partial charge in [-0.1, -0.05) is 36.4 Å². The van der Waals surface area contributed by atoms with E-state index in [1.54, 1.807) is 0 Å². The largest absolute Gasteiger partial charge is 0.0984 e. The number of allylic oxidation sites excluding steroid dienone is 1. The maximum Gasteiger partial charge on any atom is 0.0322 e. The van der Waals surface area contributed by atoms with Gasteiger partial charge < -0.3 is 0 Å². The summed E-state index contributed by atoms with van der Waals surface area (Å²) < 4.78 is 1.13. The van der Waals surface area contributed by atoms with E-state index in [2.05, 4.69) is 61.5 Å². The molecule has 0 spiro atoms. The SMILES string of the molecule is C=Cc1ccc(C)c(C=C(C)C)c1Br. The minimum Gasteiger partial charge on any atom is -0.0984 e. The molecule has 0 fully saturated rings. The molecule has 1 rings (SSSR count). The van der Waals surface area contributed by atoms with E-state index in [1.165, 1.54) is 16.7 Å². The van der Waals surface area contributed by atoms with Gasteiger partial charge in [-0.05, 0) is 53.4 Å². The third-order valence-electron chi connectivity index (χ3n) is 2.08. The van der Waals surface area contributed by atoms with Crippen LogP contribution in [0.25, 0.3) is 12.2 Å². The first-order valence-corrected chi connectivity index (χ1v) is 5.42. The number of benzene rings is 1. The normalized spacial score (nSPS) is 9.71. The molecule has 0 aliphatic carbocycles. The Bertz CT molecular complexity index is 382. The van der Waals surface area contributed by atoms with Gasteiger partial charge in [-0.15, -0.1) is 0 Å². The van der Waals surface area contributed by atoms with Crippen molar-refractivity contribution in [1.29, 1.82) is 0 Å². The van der Waals surface area contributed by atoms with E-state index in [4.69, 9.17) is 0 Å². The molecule has 0 bridgehead atoms. The molecule has 14 heavy (non-hydrogen) atoms. The molecule has 1 aromatic rings. The summed E-state index contributed by atoms with van der Waals surface area (Å²) in [7, 11) is 0. The van der Waals surface area contributed by atoms with Crippen LogP contribution in [-0.4, -0.2) is 0 Å². The van der Waals surface area contributed by atoms with Crippen molar-refractivity contribution in [2.45, 2.75) is 20.8 Å². The van der Waals surface area contributed by atoms with E-state index in [0.717, 1.165) is 10.0 Å². The highest BCUT2D eigenvalue weighted by molar-refractivity contribution is 9.10. The van der Waals surface area contributed by atoms with Crippen molar-refractivity contribution < 1.29 is 0 Å². The van der Waals surface area contributed by atoms with Gasteiger partial charge in [0.1, 0.15) is 0 Å². The van der Waals surface area contributed by atoms with Gasteiger partial charge in [0.05, 0.1) is 0 Å². The number of hydrogen-bond donors (Lipinski definition) is 0. The fraction of sp³-hybridized carbons (Fsp3) is 0.231. The van der Waals surface area contributed by atoms with Crippen LogP contribution in [0.5, 0.6) is 0 Å². The molecule has 0 amide bonds. The number of rotatable bonds is 2. The van der Waals surface area contributed by atoms with Crippen molar-refractivity contribution in [3.05, 3.63) is 45.4 Å². The molecule has 0 unspecified atom stereocenters. The minimum atomic E-state index is 1.13. The van der Waals surface area contributed by atoms with Crippen molar-refractivity contribution in [1.82, 2.24) is 0 Å². The average Bonchev–Trinajstić information content (AvgIpc) is 2.12. The highest BCUT2D eigenvalue weighted by atomic mass is 79.9. The standard InChI is InChI=1S/C13H15Br/c1-5-11-7-6-10(4)12(13(11)14)8-9(2)3/h5-8H,1H2,2-4H3. The quantitative estimate of drug-likeness (QED) is 0.706. The van der Waals surface area contributed by atoms with Crippen LogP contribution in [0.4, 0.5) is 0 Å². The second-order valence-electron chi connectivity index (χ2n) is 3.63. The topological polar surface area (TPSA) is 0 Å². The monoisotopic (exact) mass is 250 g/mol. The summed E-state index contributed by atoms with van der Waals surface area (Å²) in [5.74, 6) is 0. The van der Waals surface area contributed by atoms with Crippen LogP contribution >= 0.6 is 15.9 Å². The summed E-state index contributed by atoms with van der Waals surface area (Å²) in [6.07, 6.45) is 4.05. The minimum absolute atomic E-state index is 1.13. The van der Waals surface area contributed by atoms with Crippen molar-refractivity contribution in [2.24, 2.45) is 0 Å². The lowest BCUT2D eigenvalue weighted by Gasteiger charge is -2.07. The lowest BCUT2D eigenvalue weighted by molar-refractivity contribution is 1.37. The molecule has 0 saturated heterocycles. The van der Waals surface area contributed by atoms with Gasteiger partial charge in [0.2, 0.25) is 0 Å². The molecule has 74 valence electrons. The maximum atomic E-state index is 3.79. The summed E-state index contributed by atoms with van der Waals surface area (Å²) in [6.45, 7) is 10.1. The van der Waals surface area contributed by atoms with Crippen molar-refractivity contribution in [2.75, 3.05) is 0 Å². The molecule has 0 radical (unpaired) electrons. The van der Waals surface area contributed by atoms with Crippen LogP contribution in [0.15, 0.2) is 28.8 Å². The predicted molar refractivity (Wildman–Crippen MR) is 68.3 cm³/mol. The maximum absolute atomic E-state index is 3.79. The number of aryl methyl sites for hydroxylation is 1. The van der Waals surface area contributed by atoms with E-state index in [1.807, 2.05) is 6.08 Å². The Morgan fingerprint density at radius 2 is 2.00 bits per heavy atom. The molecule has 1 aromatic carbocycles. The molecular formula is C13H15Br. The van der Waals surface area contributed by atoms with E-state index >= 15 is 0 Å². The summed E-state index contributed by atoms with van der Waals surface area (Å²) in [5, 5.41) is 0. The first-order valence-electron chi connectivity index (χ1n) is 4.62. The van der Waals surface area contributed by atoms with E-state index in [-0.39, 0.29) is 0 Å². The molecule has 0 atom stereocenters. The molecule has 0 heterocycles. The summed E-state index contributed by atoms with van der Waals surface area (Å²) >= 11 is 3.60.